The van der Waals surface area contributed by atoms with Gasteiger partial charge in [0.05, 0.1) is 11.6 Å². The zero-order valence-electron chi connectivity index (χ0n) is 15.5. The van der Waals surface area contributed by atoms with Crippen LogP contribution in [0.25, 0.3) is 0 Å². The van der Waals surface area contributed by atoms with E-state index in [9.17, 15) is 9.59 Å². The molecule has 6 nitrogen and oxygen atoms in total. The van der Waals surface area contributed by atoms with E-state index in [4.69, 9.17) is 14.3 Å². The molecule has 142 valence electrons. The molecule has 1 aliphatic heterocycles. The Balaban J connectivity index is 1.61. The first-order chi connectivity index (χ1) is 13.5. The van der Waals surface area contributed by atoms with Gasteiger partial charge < -0.3 is 14.3 Å². The largest absolute Gasteiger partial charge is 0.426 e. The number of fused-ring (bicyclic) bond motifs is 8. The summed E-state index contributed by atoms with van der Waals surface area (Å²) in [7, 11) is 0. The highest BCUT2D eigenvalue weighted by Gasteiger charge is 2.59. The molecule has 0 N–H and O–H groups in total. The van der Waals surface area contributed by atoms with E-state index in [0.717, 1.165) is 28.8 Å². The van der Waals surface area contributed by atoms with Gasteiger partial charge >= 0.3 is 11.9 Å². The first kappa shape index (κ1) is 17.0. The SMILES string of the molecule is CC(=O)Oc1ccc(OC(C)=O)c2c1[C@H]1C[C@@H]2[C@@H]2ON=C(c3ccccc3)[C@@H]21. The third kappa shape index (κ3) is 2.44. The lowest BCUT2D eigenvalue weighted by molar-refractivity contribution is -0.133. The van der Waals surface area contributed by atoms with Crippen LogP contribution < -0.4 is 9.47 Å². The Hall–Kier alpha value is -3.15. The van der Waals surface area contributed by atoms with Gasteiger partial charge in [-0.15, -0.1) is 0 Å². The molecule has 0 unspecified atom stereocenters. The third-order valence-electron chi connectivity index (χ3n) is 5.81. The topological polar surface area (TPSA) is 74.2 Å². The molecule has 0 radical (unpaired) electrons. The van der Waals surface area contributed by atoms with Crippen molar-refractivity contribution in [3.63, 3.8) is 0 Å². The second kappa shape index (κ2) is 6.19. The minimum Gasteiger partial charge on any atom is -0.426 e. The van der Waals surface area contributed by atoms with E-state index in [0.29, 0.717) is 11.5 Å². The minimum atomic E-state index is -0.379. The number of nitrogens with zero attached hydrogens (tertiary/aromatic N) is 1. The highest BCUT2D eigenvalue weighted by Crippen LogP contribution is 2.64. The lowest BCUT2D eigenvalue weighted by atomic mass is 9.77. The number of benzene rings is 2. The normalized spacial score (nSPS) is 26.1. The van der Waals surface area contributed by atoms with Crippen molar-refractivity contribution in [2.24, 2.45) is 11.1 Å². The van der Waals surface area contributed by atoms with Crippen molar-refractivity contribution >= 4 is 17.7 Å². The molecule has 2 aromatic carbocycles. The lowest BCUT2D eigenvalue weighted by Gasteiger charge is -2.28. The Kier molecular flexibility index (Phi) is 3.75. The van der Waals surface area contributed by atoms with E-state index in [1.165, 1.54) is 13.8 Å². The molecule has 1 heterocycles. The average Bonchev–Trinajstić information content (AvgIpc) is 3.34. The number of rotatable bonds is 3. The van der Waals surface area contributed by atoms with Gasteiger partial charge in [0.2, 0.25) is 0 Å². The third-order valence-corrected chi connectivity index (χ3v) is 5.81. The predicted octanol–water partition coefficient (Wildman–Crippen LogP) is 3.54. The van der Waals surface area contributed by atoms with Gasteiger partial charge in [0.15, 0.2) is 0 Å². The molecule has 2 aliphatic carbocycles. The lowest BCUT2D eigenvalue weighted by Crippen LogP contribution is -2.30. The maximum absolute atomic E-state index is 11.6. The molecule has 0 amide bonds. The van der Waals surface area contributed by atoms with Crippen molar-refractivity contribution in [2.75, 3.05) is 0 Å². The smallest absolute Gasteiger partial charge is 0.308 e. The summed E-state index contributed by atoms with van der Waals surface area (Å²) >= 11 is 0. The Morgan fingerprint density at radius 1 is 0.929 bits per heavy atom. The molecule has 2 aromatic rings. The zero-order valence-corrected chi connectivity index (χ0v) is 15.5. The van der Waals surface area contributed by atoms with E-state index in [1.54, 1.807) is 12.1 Å². The van der Waals surface area contributed by atoms with Crippen molar-refractivity contribution in [1.29, 1.82) is 0 Å². The van der Waals surface area contributed by atoms with Crippen LogP contribution in [0.5, 0.6) is 11.5 Å². The van der Waals surface area contributed by atoms with Crippen LogP contribution in [-0.2, 0) is 14.4 Å². The van der Waals surface area contributed by atoms with Gasteiger partial charge in [0, 0.05) is 36.8 Å². The molecule has 1 fully saturated rings. The molecule has 1 saturated carbocycles. The van der Waals surface area contributed by atoms with Crippen LogP contribution in [0, 0.1) is 5.92 Å². The van der Waals surface area contributed by atoms with Crippen LogP contribution >= 0.6 is 0 Å². The van der Waals surface area contributed by atoms with Crippen LogP contribution in [0.4, 0.5) is 0 Å². The first-order valence-corrected chi connectivity index (χ1v) is 9.37. The van der Waals surface area contributed by atoms with Gasteiger partial charge in [-0.05, 0) is 24.1 Å². The number of hydrogen-bond acceptors (Lipinski definition) is 6. The summed E-state index contributed by atoms with van der Waals surface area (Å²) in [5.41, 5.74) is 3.81. The monoisotopic (exact) mass is 377 g/mol. The molecule has 5 rings (SSSR count). The maximum Gasteiger partial charge on any atom is 0.308 e. The van der Waals surface area contributed by atoms with E-state index in [2.05, 4.69) is 5.16 Å². The van der Waals surface area contributed by atoms with Crippen LogP contribution in [0.3, 0.4) is 0 Å². The summed E-state index contributed by atoms with van der Waals surface area (Å²) in [6.07, 6.45) is 0.748. The summed E-state index contributed by atoms with van der Waals surface area (Å²) < 4.78 is 11.0. The zero-order chi connectivity index (χ0) is 19.4. The Morgan fingerprint density at radius 2 is 1.54 bits per heavy atom. The molecule has 3 aliphatic rings. The first-order valence-electron chi connectivity index (χ1n) is 9.37. The van der Waals surface area contributed by atoms with Crippen molar-refractivity contribution in [3.8, 4) is 11.5 Å². The van der Waals surface area contributed by atoms with E-state index in [-0.39, 0.29) is 35.8 Å². The van der Waals surface area contributed by atoms with Crippen LogP contribution in [0.1, 0.15) is 48.8 Å². The van der Waals surface area contributed by atoms with Crippen LogP contribution in [-0.4, -0.2) is 23.8 Å². The fourth-order valence-corrected chi connectivity index (χ4v) is 4.98. The summed E-state index contributed by atoms with van der Waals surface area (Å²) in [6, 6.07) is 13.4. The number of esters is 2. The quantitative estimate of drug-likeness (QED) is 0.604. The van der Waals surface area contributed by atoms with E-state index >= 15 is 0 Å². The molecule has 2 bridgehead atoms. The Bertz CT molecular complexity index is 1010. The van der Waals surface area contributed by atoms with Crippen LogP contribution in [0.15, 0.2) is 47.6 Å². The van der Waals surface area contributed by atoms with Gasteiger partial charge in [-0.3, -0.25) is 9.59 Å². The molecule has 4 atom stereocenters. The molecule has 0 spiro atoms. The maximum atomic E-state index is 11.6. The molecule has 0 saturated heterocycles. The minimum absolute atomic E-state index is 0.0415. The van der Waals surface area contributed by atoms with Gasteiger partial charge in [0.25, 0.3) is 0 Å². The van der Waals surface area contributed by atoms with Gasteiger partial charge in [-0.25, -0.2) is 0 Å². The number of carbonyl (C=O) groups excluding carboxylic acids is 2. The molecular formula is C22H19NO5. The summed E-state index contributed by atoms with van der Waals surface area (Å²) in [4.78, 5) is 29.1. The number of carbonyl (C=O) groups is 2. The van der Waals surface area contributed by atoms with Gasteiger partial charge in [0.1, 0.15) is 17.6 Å². The fourth-order valence-electron chi connectivity index (χ4n) is 4.98. The molecule has 6 heteroatoms. The van der Waals surface area contributed by atoms with Gasteiger partial charge in [-0.2, -0.15) is 0 Å². The fraction of sp³-hybridized carbons (Fsp3) is 0.318. The van der Waals surface area contributed by atoms with Crippen molar-refractivity contribution in [2.45, 2.75) is 38.2 Å². The standard InChI is InChI=1S/C22H19NO5/c1-11(24)26-16-8-9-17(27-12(2)25)19-15-10-14(18(16)19)20-21(23-28-22(15)20)13-6-4-3-5-7-13/h3-9,14-15,20,22H,10H2,1-2H3/t14-,15+,20+,22+/m1/s1. The second-order valence-corrected chi connectivity index (χ2v) is 7.46. The Morgan fingerprint density at radius 3 is 2.14 bits per heavy atom. The summed E-state index contributed by atoms with van der Waals surface area (Å²) in [5.74, 6) is 0.513. The average molecular weight is 377 g/mol. The number of ether oxygens (including phenoxy) is 2. The van der Waals surface area contributed by atoms with Crippen molar-refractivity contribution < 1.29 is 23.9 Å². The molecule has 0 aromatic heterocycles. The number of oxime groups is 1. The number of hydrogen-bond donors (Lipinski definition) is 0. The van der Waals surface area contributed by atoms with Crippen molar-refractivity contribution in [1.82, 2.24) is 0 Å². The summed E-state index contributed by atoms with van der Waals surface area (Å²) in [6.45, 7) is 2.77. The van der Waals surface area contributed by atoms with Crippen molar-refractivity contribution in [3.05, 3.63) is 59.2 Å². The predicted molar refractivity (Wildman–Crippen MR) is 101 cm³/mol. The Labute approximate surface area is 162 Å². The highest BCUT2D eigenvalue weighted by atomic mass is 16.6. The van der Waals surface area contributed by atoms with Gasteiger partial charge in [-0.1, -0.05) is 35.5 Å². The van der Waals surface area contributed by atoms with E-state index < -0.39 is 0 Å². The molecular weight excluding hydrogens is 358 g/mol. The van der Waals surface area contributed by atoms with Crippen LogP contribution in [0.2, 0.25) is 0 Å². The molecule has 28 heavy (non-hydrogen) atoms. The summed E-state index contributed by atoms with van der Waals surface area (Å²) in [5, 5.41) is 4.40. The van der Waals surface area contributed by atoms with E-state index in [1.807, 2.05) is 30.3 Å². The highest BCUT2D eigenvalue weighted by molar-refractivity contribution is 6.04. The second-order valence-electron chi connectivity index (χ2n) is 7.46.